The summed E-state index contributed by atoms with van der Waals surface area (Å²) in [6.07, 6.45) is 11.1. The van der Waals surface area contributed by atoms with Crippen LogP contribution in [-0.4, -0.2) is 69.2 Å². The van der Waals surface area contributed by atoms with Crippen LogP contribution in [0.25, 0.3) is 11.3 Å². The third-order valence-electron chi connectivity index (χ3n) is 9.42. The molecule has 2 heterocycles. The SMILES string of the molecule is CC(C)(C)OC(=O)NC(CCCCCC=CC1CC1C(=O)O)C(=O)N1CC(Oc2nc(-c3ccccc3)cc3c2CCCC3)CC1C(N)=O. The van der Waals surface area contributed by atoms with E-state index in [4.69, 9.17) is 25.3 Å². The number of benzene rings is 1. The Labute approximate surface area is 288 Å². The van der Waals surface area contributed by atoms with Crippen LogP contribution in [0, 0.1) is 11.8 Å². The Bertz CT molecular complexity index is 1540. The first-order valence-electron chi connectivity index (χ1n) is 17.6. The molecule has 5 atom stereocenters. The zero-order valence-electron chi connectivity index (χ0n) is 28.9. The van der Waals surface area contributed by atoms with E-state index in [1.54, 1.807) is 20.8 Å². The van der Waals surface area contributed by atoms with Gasteiger partial charge in [0.1, 0.15) is 23.8 Å². The molecule has 3 amide bonds. The zero-order valence-corrected chi connectivity index (χ0v) is 28.9. The number of allylic oxidation sites excluding steroid dienone is 2. The lowest BCUT2D eigenvalue weighted by Gasteiger charge is -2.29. The molecule has 1 saturated carbocycles. The number of fused-ring (bicyclic) bond motifs is 1. The maximum absolute atomic E-state index is 14.1. The van der Waals surface area contributed by atoms with Crippen molar-refractivity contribution in [1.82, 2.24) is 15.2 Å². The van der Waals surface area contributed by atoms with E-state index < -0.39 is 47.7 Å². The molecule has 5 rings (SSSR count). The van der Waals surface area contributed by atoms with E-state index >= 15 is 0 Å². The molecule has 2 aromatic rings. The summed E-state index contributed by atoms with van der Waals surface area (Å²) in [6.45, 7) is 5.39. The number of carboxylic acid groups (broad SMARTS) is 1. The summed E-state index contributed by atoms with van der Waals surface area (Å²) < 4.78 is 12.0. The van der Waals surface area contributed by atoms with Gasteiger partial charge in [-0.1, -0.05) is 55.3 Å². The number of amides is 3. The summed E-state index contributed by atoms with van der Waals surface area (Å²) in [6, 6.07) is 10.3. The largest absolute Gasteiger partial charge is 0.481 e. The van der Waals surface area contributed by atoms with E-state index in [0.717, 1.165) is 61.8 Å². The first-order chi connectivity index (χ1) is 23.4. The molecule has 2 fully saturated rings. The van der Waals surface area contributed by atoms with Gasteiger partial charge < -0.3 is 30.5 Å². The number of carboxylic acids is 1. The van der Waals surface area contributed by atoms with Crippen LogP contribution in [0.3, 0.4) is 0 Å². The topological polar surface area (TPSA) is 161 Å². The normalized spacial score (nSPS) is 22.3. The highest BCUT2D eigenvalue weighted by Gasteiger charge is 2.43. The van der Waals surface area contributed by atoms with Gasteiger partial charge in [0.25, 0.3) is 0 Å². The monoisotopic (exact) mass is 674 g/mol. The molecular weight excluding hydrogens is 624 g/mol. The smallest absolute Gasteiger partial charge is 0.408 e. The maximum atomic E-state index is 14.1. The van der Waals surface area contributed by atoms with Crippen LogP contribution >= 0.6 is 0 Å². The number of primary amides is 1. The molecule has 49 heavy (non-hydrogen) atoms. The second kappa shape index (κ2) is 15.9. The van der Waals surface area contributed by atoms with Crippen molar-refractivity contribution in [3.8, 4) is 17.1 Å². The van der Waals surface area contributed by atoms with E-state index in [1.807, 2.05) is 42.5 Å². The molecule has 1 aromatic heterocycles. The Balaban J connectivity index is 1.26. The van der Waals surface area contributed by atoms with Crippen molar-refractivity contribution in [3.05, 3.63) is 59.7 Å². The number of hydrogen-bond donors (Lipinski definition) is 3. The Morgan fingerprint density at radius 2 is 1.84 bits per heavy atom. The van der Waals surface area contributed by atoms with Crippen LogP contribution in [0.1, 0.15) is 89.7 Å². The van der Waals surface area contributed by atoms with Crippen LogP contribution in [0.5, 0.6) is 5.88 Å². The molecule has 2 aliphatic carbocycles. The van der Waals surface area contributed by atoms with Gasteiger partial charge in [0, 0.05) is 17.5 Å². The van der Waals surface area contributed by atoms with E-state index in [1.165, 1.54) is 10.5 Å². The van der Waals surface area contributed by atoms with Gasteiger partial charge >= 0.3 is 12.1 Å². The molecule has 5 unspecified atom stereocenters. The Hall–Kier alpha value is -4.41. The number of pyridine rings is 1. The molecule has 264 valence electrons. The number of carbonyl (C=O) groups excluding carboxylic acids is 3. The molecule has 4 N–H and O–H groups in total. The highest BCUT2D eigenvalue weighted by molar-refractivity contribution is 5.91. The highest BCUT2D eigenvalue weighted by Crippen LogP contribution is 2.40. The summed E-state index contributed by atoms with van der Waals surface area (Å²) in [5.41, 5.74) is 9.18. The number of rotatable bonds is 14. The summed E-state index contributed by atoms with van der Waals surface area (Å²) in [4.78, 5) is 57.0. The number of aryl methyl sites for hydroxylation is 1. The third-order valence-corrected chi connectivity index (χ3v) is 9.42. The van der Waals surface area contributed by atoms with Gasteiger partial charge in [-0.2, -0.15) is 0 Å². The van der Waals surface area contributed by atoms with Gasteiger partial charge in [0.2, 0.25) is 17.7 Å². The Kier molecular flexibility index (Phi) is 11.6. The first-order valence-corrected chi connectivity index (χ1v) is 17.6. The average molecular weight is 675 g/mol. The molecule has 1 saturated heterocycles. The molecular formula is C38H50N4O7. The number of hydrogen-bond acceptors (Lipinski definition) is 7. The average Bonchev–Trinajstić information content (AvgIpc) is 3.72. The lowest BCUT2D eigenvalue weighted by atomic mass is 9.91. The van der Waals surface area contributed by atoms with Gasteiger partial charge in [-0.05, 0) is 89.7 Å². The number of aromatic nitrogens is 1. The molecule has 0 bridgehead atoms. The fraction of sp³-hybridized carbons (Fsp3) is 0.553. The van der Waals surface area contributed by atoms with Crippen LogP contribution < -0.4 is 15.8 Å². The number of nitrogens with zero attached hydrogens (tertiary/aromatic N) is 2. The number of alkyl carbamates (subject to hydrolysis) is 1. The number of nitrogens with two attached hydrogens (primary N) is 1. The minimum absolute atomic E-state index is 0.123. The quantitative estimate of drug-likeness (QED) is 0.173. The van der Waals surface area contributed by atoms with Crippen LogP contribution in [0.4, 0.5) is 4.79 Å². The number of likely N-dealkylation sites (tertiary alicyclic amines) is 1. The Morgan fingerprint density at radius 3 is 2.53 bits per heavy atom. The van der Waals surface area contributed by atoms with E-state index in [0.29, 0.717) is 25.1 Å². The summed E-state index contributed by atoms with van der Waals surface area (Å²) in [5, 5.41) is 11.8. The molecule has 1 aromatic carbocycles. The highest BCUT2D eigenvalue weighted by atomic mass is 16.6. The number of unbranched alkanes of at least 4 members (excludes halogenated alkanes) is 3. The van der Waals surface area contributed by atoms with Crippen molar-refractivity contribution in [3.63, 3.8) is 0 Å². The van der Waals surface area contributed by atoms with Crippen molar-refractivity contribution in [2.45, 2.75) is 115 Å². The van der Waals surface area contributed by atoms with Gasteiger partial charge in [0.15, 0.2) is 0 Å². The molecule has 1 aliphatic heterocycles. The fourth-order valence-electron chi connectivity index (χ4n) is 6.79. The van der Waals surface area contributed by atoms with Crippen LogP contribution in [0.15, 0.2) is 48.6 Å². The van der Waals surface area contributed by atoms with Crippen LogP contribution in [0.2, 0.25) is 0 Å². The van der Waals surface area contributed by atoms with Crippen molar-refractivity contribution >= 4 is 23.9 Å². The summed E-state index contributed by atoms with van der Waals surface area (Å²) in [5.74, 6) is -1.37. The molecule has 11 nitrogen and oxygen atoms in total. The third kappa shape index (κ3) is 9.83. The van der Waals surface area contributed by atoms with Crippen molar-refractivity contribution in [2.75, 3.05) is 6.54 Å². The molecule has 11 heteroatoms. The number of nitrogens with one attached hydrogen (secondary N) is 1. The fourth-order valence-corrected chi connectivity index (χ4v) is 6.79. The first kappa shape index (κ1) is 35.9. The Morgan fingerprint density at radius 1 is 1.08 bits per heavy atom. The predicted molar refractivity (Wildman–Crippen MR) is 185 cm³/mol. The second-order valence-corrected chi connectivity index (χ2v) is 14.5. The second-order valence-electron chi connectivity index (χ2n) is 14.5. The molecule has 3 aliphatic rings. The molecule has 0 spiro atoms. The minimum atomic E-state index is -0.916. The van der Waals surface area contributed by atoms with Crippen molar-refractivity contribution in [2.24, 2.45) is 17.6 Å². The zero-order chi connectivity index (χ0) is 35.1. The van der Waals surface area contributed by atoms with Gasteiger partial charge in [-0.3, -0.25) is 14.4 Å². The van der Waals surface area contributed by atoms with Crippen molar-refractivity contribution in [1.29, 1.82) is 0 Å². The minimum Gasteiger partial charge on any atom is -0.481 e. The maximum Gasteiger partial charge on any atom is 0.408 e. The van der Waals surface area contributed by atoms with Gasteiger partial charge in [-0.25, -0.2) is 9.78 Å². The van der Waals surface area contributed by atoms with E-state index in [9.17, 15) is 19.2 Å². The number of carbonyl (C=O) groups is 4. The standard InChI is InChI=1S/C38H50N4O7/c1-38(2,3)49-37(47)41-30(19-11-6-4-5-8-16-25-20-29(25)36(45)46)35(44)42-23-27(22-32(42)33(39)43)48-34-28-18-13-12-17-26(28)21-31(40-34)24-14-9-7-10-15-24/h7-10,14-16,21,25,27,29-30,32H,4-6,11-13,17-20,22-23H2,1-3H3,(H2,39,43)(H,41,47)(H,45,46). The van der Waals surface area contributed by atoms with Crippen molar-refractivity contribution < 1.29 is 33.8 Å². The van der Waals surface area contributed by atoms with E-state index in [2.05, 4.69) is 11.4 Å². The number of aliphatic carboxylic acids is 1. The van der Waals surface area contributed by atoms with Gasteiger partial charge in [-0.15, -0.1) is 0 Å². The lowest BCUT2D eigenvalue weighted by molar-refractivity contribution is -0.139. The summed E-state index contributed by atoms with van der Waals surface area (Å²) >= 11 is 0. The summed E-state index contributed by atoms with van der Waals surface area (Å²) in [7, 11) is 0. The number of ether oxygens (including phenoxy) is 2. The van der Waals surface area contributed by atoms with Crippen LogP contribution in [-0.2, 0) is 32.0 Å². The van der Waals surface area contributed by atoms with E-state index in [-0.39, 0.29) is 24.8 Å². The predicted octanol–water partition coefficient (Wildman–Crippen LogP) is 5.58. The van der Waals surface area contributed by atoms with Gasteiger partial charge in [0.05, 0.1) is 18.2 Å². The lowest BCUT2D eigenvalue weighted by Crippen LogP contribution is -2.53. The molecule has 0 radical (unpaired) electrons.